The Morgan fingerprint density at radius 1 is 0.821 bits per heavy atom. The summed E-state index contributed by atoms with van der Waals surface area (Å²) in [7, 11) is 0. The van der Waals surface area contributed by atoms with Gasteiger partial charge in [-0.2, -0.15) is 26.3 Å². The van der Waals surface area contributed by atoms with Gasteiger partial charge >= 0.3 is 12.4 Å². The van der Waals surface area contributed by atoms with Crippen LogP contribution in [-0.4, -0.2) is 23.3 Å². The van der Waals surface area contributed by atoms with Gasteiger partial charge in [-0.3, -0.25) is 4.90 Å². The first kappa shape index (κ1) is 27.4. The maximum atomic E-state index is 13.4. The number of hydrogen-bond acceptors (Lipinski definition) is 3. The van der Waals surface area contributed by atoms with Crippen LogP contribution in [0.15, 0.2) is 78.9 Å². The fourth-order valence-electron chi connectivity index (χ4n) is 6.28. The van der Waals surface area contributed by atoms with Gasteiger partial charge in [-0.1, -0.05) is 60.7 Å². The van der Waals surface area contributed by atoms with Crippen LogP contribution in [0.1, 0.15) is 47.1 Å². The van der Waals surface area contributed by atoms with E-state index in [1.807, 2.05) is 60.7 Å². The van der Waals surface area contributed by atoms with E-state index in [9.17, 15) is 31.1 Å². The van der Waals surface area contributed by atoms with Crippen LogP contribution in [0.2, 0.25) is 0 Å². The van der Waals surface area contributed by atoms with Crippen molar-refractivity contribution in [2.45, 2.75) is 62.5 Å². The summed E-state index contributed by atoms with van der Waals surface area (Å²) in [5, 5.41) is 0. The van der Waals surface area contributed by atoms with Gasteiger partial charge in [0.1, 0.15) is 6.29 Å². The lowest BCUT2D eigenvalue weighted by molar-refractivity contribution is -0.143. The molecule has 2 heterocycles. The molecule has 206 valence electrons. The van der Waals surface area contributed by atoms with Crippen molar-refractivity contribution in [3.8, 4) is 0 Å². The molecule has 2 aliphatic rings. The van der Waals surface area contributed by atoms with Gasteiger partial charge in [0.05, 0.1) is 29.4 Å². The Labute approximate surface area is 222 Å². The molecule has 0 amide bonds. The zero-order valence-electron chi connectivity index (χ0n) is 20.9. The van der Waals surface area contributed by atoms with Crippen LogP contribution in [0, 0.1) is 5.92 Å². The lowest BCUT2D eigenvalue weighted by atomic mass is 9.78. The lowest BCUT2D eigenvalue weighted by Gasteiger charge is -2.50. The number of hydrogen-bond donors (Lipinski definition) is 0. The summed E-state index contributed by atoms with van der Waals surface area (Å²) in [5.41, 5.74) is -1.79. The maximum Gasteiger partial charge on any atom is 0.416 e. The van der Waals surface area contributed by atoms with E-state index in [1.165, 1.54) is 0 Å². The molecule has 0 unspecified atom stereocenters. The van der Waals surface area contributed by atoms with Gasteiger partial charge < -0.3 is 9.53 Å². The Balaban J connectivity index is 1.53. The minimum absolute atomic E-state index is 0.0619. The molecule has 0 aliphatic carbocycles. The summed E-state index contributed by atoms with van der Waals surface area (Å²) in [4.78, 5) is 14.4. The Morgan fingerprint density at radius 3 is 1.97 bits per heavy atom. The minimum Gasteiger partial charge on any atom is -0.371 e. The van der Waals surface area contributed by atoms with Gasteiger partial charge in [0.25, 0.3) is 0 Å². The molecule has 0 N–H and O–H groups in total. The summed E-state index contributed by atoms with van der Waals surface area (Å²) in [5.74, 6) is -0.284. The third-order valence-electron chi connectivity index (χ3n) is 7.95. The third-order valence-corrected chi connectivity index (χ3v) is 7.95. The third kappa shape index (κ3) is 5.34. The predicted molar refractivity (Wildman–Crippen MR) is 132 cm³/mol. The molecule has 0 aromatic heterocycles. The normalized spacial score (nSPS) is 25.5. The van der Waals surface area contributed by atoms with Crippen LogP contribution in [0.25, 0.3) is 0 Å². The zero-order chi connectivity index (χ0) is 27.8. The van der Waals surface area contributed by atoms with Crippen LogP contribution in [0.3, 0.4) is 0 Å². The van der Waals surface area contributed by atoms with Crippen LogP contribution >= 0.6 is 0 Å². The van der Waals surface area contributed by atoms with E-state index >= 15 is 0 Å². The SMILES string of the molecule is O=C[C@@H]1C[C@@]2(c3ccccc3)[C@H](OCc3cc(C(F)(F)F)cc(C(F)(F)F)c3)CC[C@@H]1N2Cc1ccccc1. The van der Waals surface area contributed by atoms with Crippen molar-refractivity contribution in [1.29, 1.82) is 0 Å². The first-order valence-electron chi connectivity index (χ1n) is 12.7. The van der Waals surface area contributed by atoms with E-state index in [-0.39, 0.29) is 23.6 Å². The molecule has 5 rings (SSSR count). The van der Waals surface area contributed by atoms with Crippen LogP contribution in [-0.2, 0) is 40.6 Å². The highest BCUT2D eigenvalue weighted by atomic mass is 19.4. The van der Waals surface area contributed by atoms with Gasteiger partial charge in [-0.05, 0) is 54.2 Å². The average Bonchev–Trinajstić information content (AvgIpc) is 3.11. The molecule has 2 saturated heterocycles. The molecule has 2 bridgehead atoms. The molecule has 0 spiro atoms. The molecule has 2 fully saturated rings. The standard InChI is InChI=1S/C30H27F6NO2/c31-29(32,33)24-13-21(14-25(15-24)30(34,35)36)19-39-27-12-11-26-22(18-38)16-28(27,23-9-5-2-6-10-23)37(26)17-20-7-3-1-4-8-20/h1-10,13-15,18,22,26-27H,11-12,16-17,19H2/t22-,26-,27+,28+/m0/s1. The quantitative estimate of drug-likeness (QED) is 0.228. The second-order valence-corrected chi connectivity index (χ2v) is 10.3. The predicted octanol–water partition coefficient (Wildman–Crippen LogP) is 7.39. The van der Waals surface area contributed by atoms with Crippen molar-refractivity contribution in [3.05, 3.63) is 107 Å². The highest BCUT2D eigenvalue weighted by Gasteiger charge is 2.59. The first-order valence-corrected chi connectivity index (χ1v) is 12.7. The number of rotatable bonds is 7. The molecular weight excluding hydrogens is 520 g/mol. The Bertz CT molecular complexity index is 1260. The van der Waals surface area contributed by atoms with Gasteiger partial charge in [0.2, 0.25) is 0 Å². The van der Waals surface area contributed by atoms with E-state index in [1.54, 1.807) is 0 Å². The van der Waals surface area contributed by atoms with Crippen molar-refractivity contribution in [1.82, 2.24) is 4.90 Å². The van der Waals surface area contributed by atoms with Gasteiger partial charge in [0, 0.05) is 18.5 Å². The first-order chi connectivity index (χ1) is 18.5. The van der Waals surface area contributed by atoms with Crippen molar-refractivity contribution >= 4 is 6.29 Å². The smallest absolute Gasteiger partial charge is 0.371 e. The molecular formula is C30H27F6NO2. The molecule has 0 radical (unpaired) electrons. The van der Waals surface area contributed by atoms with Crippen molar-refractivity contribution in [2.75, 3.05) is 0 Å². The van der Waals surface area contributed by atoms with E-state index in [2.05, 4.69) is 4.90 Å². The minimum atomic E-state index is -4.94. The van der Waals surface area contributed by atoms with Crippen molar-refractivity contribution in [3.63, 3.8) is 0 Å². The van der Waals surface area contributed by atoms with Crippen LogP contribution < -0.4 is 0 Å². The van der Waals surface area contributed by atoms with Crippen molar-refractivity contribution in [2.24, 2.45) is 5.92 Å². The highest BCUT2D eigenvalue weighted by molar-refractivity contribution is 5.57. The topological polar surface area (TPSA) is 29.5 Å². The largest absolute Gasteiger partial charge is 0.416 e. The van der Waals surface area contributed by atoms with Gasteiger partial charge in [0.15, 0.2) is 0 Å². The number of alkyl halides is 6. The number of nitrogens with zero attached hydrogens (tertiary/aromatic N) is 1. The van der Waals surface area contributed by atoms with Crippen molar-refractivity contribution < 1.29 is 35.9 Å². The molecule has 0 saturated carbocycles. The summed E-state index contributed by atoms with van der Waals surface area (Å²) >= 11 is 0. The number of halogens is 6. The molecule has 9 heteroatoms. The number of ether oxygens (including phenoxy) is 1. The molecule has 3 nitrogen and oxygen atoms in total. The van der Waals surface area contributed by atoms with E-state index in [4.69, 9.17) is 4.74 Å². The fourth-order valence-corrected chi connectivity index (χ4v) is 6.28. The number of carbonyl (C=O) groups excluding carboxylic acids is 1. The highest BCUT2D eigenvalue weighted by Crippen LogP contribution is 2.54. The van der Waals surface area contributed by atoms with E-state index in [0.29, 0.717) is 37.9 Å². The molecule has 2 aliphatic heterocycles. The van der Waals surface area contributed by atoms with Gasteiger partial charge in [-0.15, -0.1) is 0 Å². The Hall–Kier alpha value is -3.17. The molecule has 3 aromatic rings. The number of fused-ring (bicyclic) bond motifs is 2. The summed E-state index contributed by atoms with van der Waals surface area (Å²) in [6.07, 6.45) is -7.90. The van der Waals surface area contributed by atoms with E-state index < -0.39 is 41.7 Å². The maximum absolute atomic E-state index is 13.4. The monoisotopic (exact) mass is 547 g/mol. The van der Waals surface area contributed by atoms with Crippen LogP contribution in [0.4, 0.5) is 26.3 Å². The molecule has 39 heavy (non-hydrogen) atoms. The molecule has 4 atom stereocenters. The summed E-state index contributed by atoms with van der Waals surface area (Å²) in [6, 6.07) is 20.7. The fraction of sp³-hybridized carbons (Fsp3) is 0.367. The summed E-state index contributed by atoms with van der Waals surface area (Å²) in [6.45, 7) is 0.0915. The number of aldehydes is 1. The second-order valence-electron chi connectivity index (χ2n) is 10.3. The van der Waals surface area contributed by atoms with E-state index in [0.717, 1.165) is 17.4 Å². The number of piperidine rings is 1. The Morgan fingerprint density at radius 2 is 1.41 bits per heavy atom. The lowest BCUT2D eigenvalue weighted by Crippen LogP contribution is -2.56. The Kier molecular flexibility index (Phi) is 7.33. The van der Waals surface area contributed by atoms with Crippen LogP contribution in [0.5, 0.6) is 0 Å². The second kappa shape index (κ2) is 10.4. The average molecular weight is 548 g/mol. The summed E-state index contributed by atoms with van der Waals surface area (Å²) < 4.78 is 86.8. The number of carbonyl (C=O) groups is 1. The number of benzene rings is 3. The molecule has 3 aromatic carbocycles. The van der Waals surface area contributed by atoms with Gasteiger partial charge in [-0.25, -0.2) is 0 Å². The zero-order valence-corrected chi connectivity index (χ0v) is 20.9.